The van der Waals surface area contributed by atoms with Crippen molar-refractivity contribution in [3.05, 3.63) is 29.3 Å². The van der Waals surface area contributed by atoms with Gasteiger partial charge in [0, 0.05) is 16.8 Å². The normalized spacial score (nSPS) is 11.5. The topological polar surface area (TPSA) is 84.5 Å². The lowest BCUT2D eigenvalue weighted by Crippen LogP contribution is -2.35. The number of hydrogen-bond acceptors (Lipinski definition) is 5. The van der Waals surface area contributed by atoms with Gasteiger partial charge in [-0.2, -0.15) is 0 Å². The van der Waals surface area contributed by atoms with E-state index in [0.29, 0.717) is 10.7 Å². The zero-order chi connectivity index (χ0) is 18.7. The fraction of sp³-hybridized carbons (Fsp3) is 0.471. The van der Waals surface area contributed by atoms with Crippen LogP contribution in [0.3, 0.4) is 0 Å². The largest absolute Gasteiger partial charge is 0.455 e. The average molecular weight is 387 g/mol. The summed E-state index contributed by atoms with van der Waals surface area (Å²) in [5.41, 5.74) is 0.635. The molecule has 0 aliphatic carbocycles. The summed E-state index contributed by atoms with van der Waals surface area (Å²) in [6.45, 7) is 3.63. The van der Waals surface area contributed by atoms with Crippen LogP contribution in [0.4, 0.5) is 5.69 Å². The predicted molar refractivity (Wildman–Crippen MR) is 101 cm³/mol. The Balaban J connectivity index is 2.16. The van der Waals surface area contributed by atoms with Gasteiger partial charge in [0.05, 0.1) is 11.5 Å². The molecule has 2 N–H and O–H groups in total. The maximum atomic E-state index is 11.7. The average Bonchev–Trinajstić information content (AvgIpc) is 2.55. The number of halogens is 1. The fourth-order valence-corrected chi connectivity index (χ4v) is 2.70. The van der Waals surface area contributed by atoms with Crippen molar-refractivity contribution in [2.75, 3.05) is 23.4 Å². The molecular weight excluding hydrogens is 364 g/mol. The number of esters is 1. The van der Waals surface area contributed by atoms with Gasteiger partial charge in [0.1, 0.15) is 0 Å². The molecule has 0 aromatic heterocycles. The number of carbonyl (C=O) groups excluding carboxylic acids is 3. The highest BCUT2D eigenvalue weighted by atomic mass is 35.5. The lowest BCUT2D eigenvalue weighted by Gasteiger charge is -2.12. The molecule has 1 aromatic rings. The summed E-state index contributed by atoms with van der Waals surface area (Å²) in [5.74, 6) is -0.961. The number of benzene rings is 1. The number of amides is 2. The van der Waals surface area contributed by atoms with Crippen LogP contribution >= 0.6 is 23.4 Å². The molecule has 25 heavy (non-hydrogen) atoms. The van der Waals surface area contributed by atoms with E-state index >= 15 is 0 Å². The predicted octanol–water partition coefficient (Wildman–Crippen LogP) is 2.86. The molecular formula is C17H23ClN2O4S. The first-order valence-corrected chi connectivity index (χ1v) is 9.52. The molecule has 0 heterocycles. The van der Waals surface area contributed by atoms with E-state index in [0.717, 1.165) is 24.6 Å². The second-order valence-electron chi connectivity index (χ2n) is 5.47. The third-order valence-corrected chi connectivity index (χ3v) is 4.23. The van der Waals surface area contributed by atoms with Gasteiger partial charge in [-0.25, -0.2) is 0 Å². The number of rotatable bonds is 10. The molecule has 0 saturated carbocycles. The molecule has 1 rings (SSSR count). The quantitative estimate of drug-likeness (QED) is 0.604. The maximum Gasteiger partial charge on any atom is 0.316 e. The summed E-state index contributed by atoms with van der Waals surface area (Å²) in [7, 11) is 0. The van der Waals surface area contributed by atoms with Crippen LogP contribution in [0.15, 0.2) is 24.3 Å². The highest BCUT2D eigenvalue weighted by Crippen LogP contribution is 2.13. The Morgan fingerprint density at radius 3 is 2.48 bits per heavy atom. The van der Waals surface area contributed by atoms with E-state index in [1.165, 1.54) is 0 Å². The molecule has 138 valence electrons. The Hall–Kier alpha value is -1.73. The Kier molecular flexibility index (Phi) is 10.0. The van der Waals surface area contributed by atoms with Gasteiger partial charge in [0.25, 0.3) is 5.91 Å². The molecule has 0 radical (unpaired) electrons. The van der Waals surface area contributed by atoms with Gasteiger partial charge >= 0.3 is 5.97 Å². The van der Waals surface area contributed by atoms with Crippen LogP contribution in [0, 0.1) is 0 Å². The van der Waals surface area contributed by atoms with Crippen molar-refractivity contribution in [3.63, 3.8) is 0 Å². The third kappa shape index (κ3) is 9.99. The monoisotopic (exact) mass is 386 g/mol. The molecule has 0 saturated heterocycles. The Morgan fingerprint density at radius 2 is 1.84 bits per heavy atom. The molecule has 0 spiro atoms. The van der Waals surface area contributed by atoms with Crippen LogP contribution in [0.2, 0.25) is 5.02 Å². The van der Waals surface area contributed by atoms with Gasteiger partial charge in [-0.1, -0.05) is 24.9 Å². The van der Waals surface area contributed by atoms with Crippen LogP contribution in [-0.4, -0.2) is 41.9 Å². The van der Waals surface area contributed by atoms with Crippen LogP contribution < -0.4 is 10.6 Å². The van der Waals surface area contributed by atoms with Gasteiger partial charge in [-0.05, 0) is 37.6 Å². The van der Waals surface area contributed by atoms with Crippen molar-refractivity contribution in [1.82, 2.24) is 5.32 Å². The number of carbonyl (C=O) groups is 3. The van der Waals surface area contributed by atoms with E-state index in [1.54, 1.807) is 24.3 Å². The Labute approximate surface area is 157 Å². The molecule has 1 atom stereocenters. The summed E-state index contributed by atoms with van der Waals surface area (Å²) >= 11 is 6.89. The zero-order valence-electron chi connectivity index (χ0n) is 14.3. The Morgan fingerprint density at radius 1 is 1.16 bits per heavy atom. The number of hydrogen-bond donors (Lipinski definition) is 2. The number of thioether (sulfide) groups is 1. The smallest absolute Gasteiger partial charge is 0.316 e. The summed E-state index contributed by atoms with van der Waals surface area (Å²) in [6, 6.07) is 6.79. The van der Waals surface area contributed by atoms with E-state index in [1.807, 2.05) is 13.8 Å². The summed E-state index contributed by atoms with van der Waals surface area (Å²) in [6.07, 6.45) is 1.84. The van der Waals surface area contributed by atoms with Crippen LogP contribution in [0.1, 0.15) is 26.7 Å². The second-order valence-corrected chi connectivity index (χ2v) is 6.89. The van der Waals surface area contributed by atoms with Crippen molar-refractivity contribution in [2.24, 2.45) is 0 Å². The highest BCUT2D eigenvalue weighted by molar-refractivity contribution is 8.00. The van der Waals surface area contributed by atoms with Crippen LogP contribution in [0.25, 0.3) is 0 Å². The van der Waals surface area contributed by atoms with Gasteiger partial charge in [-0.15, -0.1) is 11.8 Å². The second kappa shape index (κ2) is 11.8. The SMILES string of the molecule is CCC[C@H](C)NC(=O)COC(=O)CSCC(=O)Nc1ccc(Cl)cc1. The minimum absolute atomic E-state index is 0.00579. The van der Waals surface area contributed by atoms with Gasteiger partial charge in [0.15, 0.2) is 6.61 Å². The molecule has 2 amide bonds. The third-order valence-electron chi connectivity index (χ3n) is 3.07. The lowest BCUT2D eigenvalue weighted by molar-refractivity contribution is -0.146. The van der Waals surface area contributed by atoms with Crippen LogP contribution in [0.5, 0.6) is 0 Å². The van der Waals surface area contributed by atoms with E-state index in [2.05, 4.69) is 10.6 Å². The highest BCUT2D eigenvalue weighted by Gasteiger charge is 2.11. The molecule has 0 aliphatic heterocycles. The molecule has 0 fully saturated rings. The van der Waals surface area contributed by atoms with Gasteiger partial charge in [-0.3, -0.25) is 14.4 Å². The molecule has 8 heteroatoms. The first kappa shape index (κ1) is 21.3. The molecule has 0 unspecified atom stereocenters. The van der Waals surface area contributed by atoms with Crippen molar-refractivity contribution >= 4 is 46.8 Å². The zero-order valence-corrected chi connectivity index (χ0v) is 15.9. The summed E-state index contributed by atoms with van der Waals surface area (Å²) in [5, 5.41) is 6.02. The van der Waals surface area contributed by atoms with E-state index < -0.39 is 5.97 Å². The number of nitrogens with one attached hydrogen (secondary N) is 2. The van der Waals surface area contributed by atoms with E-state index in [4.69, 9.17) is 16.3 Å². The minimum atomic E-state index is -0.525. The van der Waals surface area contributed by atoms with Crippen molar-refractivity contribution < 1.29 is 19.1 Å². The summed E-state index contributed by atoms with van der Waals surface area (Å²) < 4.78 is 4.88. The van der Waals surface area contributed by atoms with Crippen molar-refractivity contribution in [3.8, 4) is 0 Å². The Bertz CT molecular complexity index is 581. The lowest BCUT2D eigenvalue weighted by atomic mass is 10.2. The first-order chi connectivity index (χ1) is 11.9. The number of anilines is 1. The van der Waals surface area contributed by atoms with E-state index in [-0.39, 0.29) is 36.0 Å². The minimum Gasteiger partial charge on any atom is -0.455 e. The van der Waals surface area contributed by atoms with Gasteiger partial charge in [0.2, 0.25) is 5.91 Å². The fourth-order valence-electron chi connectivity index (χ4n) is 1.97. The van der Waals surface area contributed by atoms with Crippen molar-refractivity contribution in [1.29, 1.82) is 0 Å². The standard InChI is InChI=1S/C17H23ClN2O4S/c1-3-4-12(2)19-15(21)9-24-17(23)11-25-10-16(22)20-14-7-5-13(18)6-8-14/h5-8,12H,3-4,9-11H2,1-2H3,(H,19,21)(H,20,22)/t12-/m0/s1. The molecule has 1 aromatic carbocycles. The van der Waals surface area contributed by atoms with Crippen molar-refractivity contribution in [2.45, 2.75) is 32.7 Å². The number of ether oxygens (including phenoxy) is 1. The van der Waals surface area contributed by atoms with Crippen LogP contribution in [-0.2, 0) is 19.1 Å². The summed E-state index contributed by atoms with van der Waals surface area (Å²) in [4.78, 5) is 34.9. The van der Waals surface area contributed by atoms with Gasteiger partial charge < -0.3 is 15.4 Å². The molecule has 0 aliphatic rings. The van der Waals surface area contributed by atoms with E-state index in [9.17, 15) is 14.4 Å². The maximum absolute atomic E-state index is 11.7. The first-order valence-electron chi connectivity index (χ1n) is 7.98. The molecule has 0 bridgehead atoms. The molecule has 6 nitrogen and oxygen atoms in total.